The summed E-state index contributed by atoms with van der Waals surface area (Å²) in [5.41, 5.74) is 3.87. The molecule has 4 nitrogen and oxygen atoms in total. The fraction of sp³-hybridized carbons (Fsp3) is 0.333. The predicted octanol–water partition coefficient (Wildman–Crippen LogP) is 2.24. The topological polar surface area (TPSA) is 64.3 Å². The van der Waals surface area contributed by atoms with Gasteiger partial charge in [0.05, 0.1) is 12.3 Å². The quantitative estimate of drug-likeness (QED) is 0.612. The first kappa shape index (κ1) is 11.0. The molecule has 0 aromatic carbocycles. The lowest BCUT2D eigenvalue weighted by Crippen LogP contribution is -2.29. The normalized spacial score (nSPS) is 12.9. The molecule has 0 saturated heterocycles. The first-order chi connectivity index (χ1) is 7.70. The van der Waals surface area contributed by atoms with Gasteiger partial charge in [0.25, 0.3) is 0 Å². The van der Waals surface area contributed by atoms with Crippen molar-refractivity contribution < 1.29 is 8.83 Å². The maximum atomic E-state index is 5.57. The zero-order valence-corrected chi connectivity index (χ0v) is 9.49. The van der Waals surface area contributed by atoms with E-state index in [1.54, 1.807) is 6.26 Å². The number of furan rings is 2. The summed E-state index contributed by atoms with van der Waals surface area (Å²) in [6, 6.07) is 5.83. The molecule has 0 spiro atoms. The van der Waals surface area contributed by atoms with Crippen molar-refractivity contribution in [1.29, 1.82) is 0 Å². The number of hydrogen-bond acceptors (Lipinski definition) is 4. The van der Waals surface area contributed by atoms with Crippen LogP contribution in [0.15, 0.2) is 33.3 Å². The van der Waals surface area contributed by atoms with Crippen LogP contribution in [0.1, 0.15) is 28.9 Å². The van der Waals surface area contributed by atoms with Crippen LogP contribution in [-0.4, -0.2) is 0 Å². The Morgan fingerprint density at radius 2 is 2.25 bits per heavy atom. The molecule has 0 radical (unpaired) electrons. The summed E-state index contributed by atoms with van der Waals surface area (Å²) >= 11 is 0. The standard InChI is InChI=1S/C12H16N2O2/c1-8-6-11(9(2)16-8)12(14-13)7-10-4-3-5-15-10/h3-6,12,14H,7,13H2,1-2H3. The molecule has 0 amide bonds. The Labute approximate surface area is 94.4 Å². The zero-order valence-electron chi connectivity index (χ0n) is 9.49. The van der Waals surface area contributed by atoms with E-state index in [-0.39, 0.29) is 6.04 Å². The molecule has 2 aromatic rings. The summed E-state index contributed by atoms with van der Waals surface area (Å²) in [5.74, 6) is 8.26. The van der Waals surface area contributed by atoms with Crippen LogP contribution in [0, 0.1) is 13.8 Å². The Balaban J connectivity index is 2.19. The van der Waals surface area contributed by atoms with Crippen LogP contribution in [0.25, 0.3) is 0 Å². The number of hydrogen-bond donors (Lipinski definition) is 2. The summed E-state index contributed by atoms with van der Waals surface area (Å²) < 4.78 is 10.8. The van der Waals surface area contributed by atoms with Crippen molar-refractivity contribution in [3.8, 4) is 0 Å². The van der Waals surface area contributed by atoms with E-state index in [1.807, 2.05) is 32.0 Å². The number of rotatable bonds is 4. The van der Waals surface area contributed by atoms with Gasteiger partial charge in [0.2, 0.25) is 0 Å². The van der Waals surface area contributed by atoms with Gasteiger partial charge in [-0.25, -0.2) is 0 Å². The number of nitrogens with one attached hydrogen (secondary N) is 1. The molecule has 3 N–H and O–H groups in total. The minimum absolute atomic E-state index is 0.0172. The molecule has 0 aliphatic heterocycles. The highest BCUT2D eigenvalue weighted by Crippen LogP contribution is 2.24. The second-order valence-corrected chi connectivity index (χ2v) is 3.87. The molecule has 0 aliphatic carbocycles. The van der Waals surface area contributed by atoms with Crippen LogP contribution in [0.3, 0.4) is 0 Å². The maximum Gasteiger partial charge on any atom is 0.105 e. The SMILES string of the molecule is Cc1cc(C(Cc2ccco2)NN)c(C)o1. The highest BCUT2D eigenvalue weighted by molar-refractivity contribution is 5.25. The molecule has 1 unspecified atom stereocenters. The van der Waals surface area contributed by atoms with Gasteiger partial charge in [0.1, 0.15) is 17.3 Å². The highest BCUT2D eigenvalue weighted by Gasteiger charge is 2.17. The smallest absolute Gasteiger partial charge is 0.105 e. The third kappa shape index (κ3) is 2.18. The minimum Gasteiger partial charge on any atom is -0.469 e. The number of nitrogens with two attached hydrogens (primary N) is 1. The monoisotopic (exact) mass is 220 g/mol. The van der Waals surface area contributed by atoms with Gasteiger partial charge in [-0.3, -0.25) is 11.3 Å². The molecule has 0 aliphatic rings. The number of aryl methyl sites for hydroxylation is 2. The molecule has 4 heteroatoms. The molecule has 0 bridgehead atoms. The van der Waals surface area contributed by atoms with E-state index >= 15 is 0 Å². The average molecular weight is 220 g/mol. The van der Waals surface area contributed by atoms with E-state index < -0.39 is 0 Å². The van der Waals surface area contributed by atoms with E-state index in [0.29, 0.717) is 6.42 Å². The van der Waals surface area contributed by atoms with Crippen LogP contribution < -0.4 is 11.3 Å². The molecule has 1 atom stereocenters. The lowest BCUT2D eigenvalue weighted by molar-refractivity contribution is 0.445. The van der Waals surface area contributed by atoms with Gasteiger partial charge in [-0.05, 0) is 32.0 Å². The van der Waals surface area contributed by atoms with Gasteiger partial charge in [0.15, 0.2) is 0 Å². The summed E-state index contributed by atoms with van der Waals surface area (Å²) in [7, 11) is 0. The Kier molecular flexibility index (Phi) is 3.12. The predicted molar refractivity (Wildman–Crippen MR) is 60.7 cm³/mol. The van der Waals surface area contributed by atoms with Crippen LogP contribution in [-0.2, 0) is 6.42 Å². The zero-order chi connectivity index (χ0) is 11.5. The van der Waals surface area contributed by atoms with Crippen LogP contribution in [0.2, 0.25) is 0 Å². The highest BCUT2D eigenvalue weighted by atomic mass is 16.3. The van der Waals surface area contributed by atoms with Gasteiger partial charge in [-0.1, -0.05) is 0 Å². The van der Waals surface area contributed by atoms with Crippen molar-refractivity contribution in [3.63, 3.8) is 0 Å². The van der Waals surface area contributed by atoms with Crippen LogP contribution in [0.4, 0.5) is 0 Å². The van der Waals surface area contributed by atoms with E-state index in [4.69, 9.17) is 14.7 Å². The Bertz CT molecular complexity index is 446. The summed E-state index contributed by atoms with van der Waals surface area (Å²) in [4.78, 5) is 0. The van der Waals surface area contributed by atoms with Crippen molar-refractivity contribution >= 4 is 0 Å². The number of hydrazine groups is 1. The molecule has 86 valence electrons. The van der Waals surface area contributed by atoms with Crippen molar-refractivity contribution in [1.82, 2.24) is 5.43 Å². The first-order valence-corrected chi connectivity index (χ1v) is 5.26. The largest absolute Gasteiger partial charge is 0.469 e. The molecular weight excluding hydrogens is 204 g/mol. The van der Waals surface area contributed by atoms with Crippen molar-refractivity contribution in [3.05, 3.63) is 47.3 Å². The second kappa shape index (κ2) is 4.55. The lowest BCUT2D eigenvalue weighted by atomic mass is 10.0. The van der Waals surface area contributed by atoms with Crippen LogP contribution in [0.5, 0.6) is 0 Å². The van der Waals surface area contributed by atoms with Crippen molar-refractivity contribution in [2.45, 2.75) is 26.3 Å². The van der Waals surface area contributed by atoms with Gasteiger partial charge >= 0.3 is 0 Å². The average Bonchev–Trinajstić information content (AvgIpc) is 2.85. The van der Waals surface area contributed by atoms with Gasteiger partial charge in [0, 0.05) is 12.0 Å². The summed E-state index contributed by atoms with van der Waals surface area (Å²) in [6.45, 7) is 3.87. The second-order valence-electron chi connectivity index (χ2n) is 3.87. The van der Waals surface area contributed by atoms with E-state index in [0.717, 1.165) is 22.8 Å². The summed E-state index contributed by atoms with van der Waals surface area (Å²) in [5, 5.41) is 0. The van der Waals surface area contributed by atoms with E-state index in [9.17, 15) is 0 Å². The third-order valence-electron chi connectivity index (χ3n) is 2.64. The molecule has 16 heavy (non-hydrogen) atoms. The fourth-order valence-corrected chi connectivity index (χ4v) is 1.89. The molecule has 2 rings (SSSR count). The van der Waals surface area contributed by atoms with Crippen molar-refractivity contribution in [2.24, 2.45) is 5.84 Å². The maximum absolute atomic E-state index is 5.57. The van der Waals surface area contributed by atoms with Gasteiger partial charge in [-0.15, -0.1) is 0 Å². The molecule has 0 saturated carbocycles. The Hall–Kier alpha value is -1.52. The third-order valence-corrected chi connectivity index (χ3v) is 2.64. The van der Waals surface area contributed by atoms with Crippen molar-refractivity contribution in [2.75, 3.05) is 0 Å². The Morgan fingerprint density at radius 3 is 2.75 bits per heavy atom. The fourth-order valence-electron chi connectivity index (χ4n) is 1.89. The molecule has 0 fully saturated rings. The molecule has 2 aromatic heterocycles. The van der Waals surface area contributed by atoms with Gasteiger partial charge < -0.3 is 8.83 Å². The minimum atomic E-state index is 0.0172. The lowest BCUT2D eigenvalue weighted by Gasteiger charge is -2.13. The molecule has 2 heterocycles. The van der Waals surface area contributed by atoms with Crippen LogP contribution >= 0.6 is 0 Å². The summed E-state index contributed by atoms with van der Waals surface area (Å²) in [6.07, 6.45) is 2.37. The van der Waals surface area contributed by atoms with Gasteiger partial charge in [-0.2, -0.15) is 0 Å². The first-order valence-electron chi connectivity index (χ1n) is 5.26. The Morgan fingerprint density at radius 1 is 1.44 bits per heavy atom. The molecular formula is C12H16N2O2. The van der Waals surface area contributed by atoms with E-state index in [1.165, 1.54) is 0 Å². The van der Waals surface area contributed by atoms with E-state index in [2.05, 4.69) is 5.43 Å².